The van der Waals surface area contributed by atoms with E-state index in [9.17, 15) is 22.8 Å². The van der Waals surface area contributed by atoms with Gasteiger partial charge in [0.1, 0.15) is 12.4 Å². The van der Waals surface area contributed by atoms with Crippen LogP contribution >= 0.6 is 11.3 Å². The van der Waals surface area contributed by atoms with Crippen molar-refractivity contribution in [1.82, 2.24) is 34.4 Å². The molecule has 1 aliphatic rings. The SMILES string of the molecule is Cc1cc(=O)n2nc(COC(=O)C3CCN(c4ccc5nnc(C(F)(F)F)n5n4)CC3)sc2n1. The first kappa shape index (κ1) is 22.2. The summed E-state index contributed by atoms with van der Waals surface area (Å²) in [6.07, 6.45) is -3.77. The van der Waals surface area contributed by atoms with Crippen LogP contribution in [0.3, 0.4) is 0 Å². The van der Waals surface area contributed by atoms with Gasteiger partial charge in [0.05, 0.1) is 5.92 Å². The number of anilines is 1. The highest BCUT2D eigenvalue weighted by Crippen LogP contribution is 2.29. The first-order valence-electron chi connectivity index (χ1n) is 10.3. The third-order valence-electron chi connectivity index (χ3n) is 5.41. The Kier molecular flexibility index (Phi) is 5.42. The van der Waals surface area contributed by atoms with Gasteiger partial charge in [0, 0.05) is 24.8 Å². The van der Waals surface area contributed by atoms with E-state index < -0.39 is 18.0 Å². The summed E-state index contributed by atoms with van der Waals surface area (Å²) in [4.78, 5) is 31.0. The van der Waals surface area contributed by atoms with E-state index >= 15 is 0 Å². The molecule has 0 saturated carbocycles. The van der Waals surface area contributed by atoms with Crippen LogP contribution < -0.4 is 10.5 Å². The van der Waals surface area contributed by atoms with Gasteiger partial charge in [-0.15, -0.1) is 15.3 Å². The van der Waals surface area contributed by atoms with Gasteiger partial charge in [-0.25, -0.2) is 4.98 Å². The minimum Gasteiger partial charge on any atom is -0.458 e. The summed E-state index contributed by atoms with van der Waals surface area (Å²) in [7, 11) is 0. The molecule has 4 aromatic rings. The number of nitrogens with zero attached hydrogens (tertiary/aromatic N) is 8. The fraction of sp³-hybridized carbons (Fsp3) is 0.421. The fourth-order valence-electron chi connectivity index (χ4n) is 3.74. The van der Waals surface area contributed by atoms with E-state index in [1.165, 1.54) is 28.0 Å². The van der Waals surface area contributed by atoms with Crippen molar-refractivity contribution in [1.29, 1.82) is 0 Å². The second kappa shape index (κ2) is 8.30. The van der Waals surface area contributed by atoms with Crippen LogP contribution in [0.5, 0.6) is 0 Å². The Bertz CT molecular complexity index is 1440. The number of halogens is 3. The van der Waals surface area contributed by atoms with Gasteiger partial charge in [0.25, 0.3) is 11.4 Å². The molecule has 5 rings (SSSR count). The summed E-state index contributed by atoms with van der Waals surface area (Å²) in [6.45, 7) is 2.48. The third-order valence-corrected chi connectivity index (χ3v) is 6.29. The maximum absolute atomic E-state index is 13.1. The lowest BCUT2D eigenvalue weighted by atomic mass is 9.97. The first-order chi connectivity index (χ1) is 16.2. The molecular formula is C19H17F3N8O3S. The van der Waals surface area contributed by atoms with Crippen LogP contribution in [0.2, 0.25) is 0 Å². The first-order valence-corrected chi connectivity index (χ1v) is 11.1. The lowest BCUT2D eigenvalue weighted by molar-refractivity contribution is -0.150. The van der Waals surface area contributed by atoms with Crippen molar-refractivity contribution >= 4 is 33.7 Å². The van der Waals surface area contributed by atoms with E-state index in [1.807, 2.05) is 0 Å². The summed E-state index contributed by atoms with van der Waals surface area (Å²) in [5.74, 6) is -1.60. The Balaban J connectivity index is 1.21. The predicted octanol–water partition coefficient (Wildman–Crippen LogP) is 1.88. The molecule has 0 bridgehead atoms. The summed E-state index contributed by atoms with van der Waals surface area (Å²) in [6, 6.07) is 4.37. The van der Waals surface area contributed by atoms with Crippen LogP contribution in [0.25, 0.3) is 10.6 Å². The lowest BCUT2D eigenvalue weighted by Gasteiger charge is -2.31. The van der Waals surface area contributed by atoms with E-state index in [0.29, 0.717) is 51.9 Å². The summed E-state index contributed by atoms with van der Waals surface area (Å²) in [5, 5.41) is 15.3. The zero-order chi connectivity index (χ0) is 24.0. The second-order valence-corrected chi connectivity index (χ2v) is 8.82. The molecule has 15 heteroatoms. The van der Waals surface area contributed by atoms with Gasteiger partial charge in [-0.05, 0) is 31.9 Å². The standard InChI is InChI=1S/C19H17F3N8O3S/c1-10-8-15(31)30-18(23-10)34-14(27-30)9-33-16(32)11-4-6-28(7-5-11)13-3-2-12-24-25-17(19(20,21)22)29(12)26-13/h2-3,8,11H,4-7,9H2,1H3. The molecule has 34 heavy (non-hydrogen) atoms. The normalized spacial score (nSPS) is 15.4. The van der Waals surface area contributed by atoms with Gasteiger partial charge in [-0.2, -0.15) is 27.3 Å². The van der Waals surface area contributed by atoms with Crippen molar-refractivity contribution in [3.05, 3.63) is 45.1 Å². The average molecular weight is 494 g/mol. The molecule has 1 saturated heterocycles. The number of fused-ring (bicyclic) bond motifs is 2. The number of rotatable bonds is 4. The number of aryl methyl sites for hydroxylation is 1. The predicted molar refractivity (Wildman–Crippen MR) is 112 cm³/mol. The number of esters is 1. The monoisotopic (exact) mass is 494 g/mol. The number of carbonyl (C=O) groups excluding carboxylic acids is 1. The highest BCUT2D eigenvalue weighted by Gasteiger charge is 2.38. The van der Waals surface area contributed by atoms with E-state index in [-0.39, 0.29) is 23.7 Å². The highest BCUT2D eigenvalue weighted by molar-refractivity contribution is 7.16. The molecule has 0 unspecified atom stereocenters. The van der Waals surface area contributed by atoms with Crippen LogP contribution in [-0.2, 0) is 22.3 Å². The molecule has 1 fully saturated rings. The smallest absolute Gasteiger partial charge is 0.453 e. The minimum absolute atomic E-state index is 0.00277. The van der Waals surface area contributed by atoms with Crippen molar-refractivity contribution in [3.8, 4) is 0 Å². The number of hydrogen-bond donors (Lipinski definition) is 0. The van der Waals surface area contributed by atoms with Crippen molar-refractivity contribution in [2.24, 2.45) is 5.92 Å². The number of piperidine rings is 1. The van der Waals surface area contributed by atoms with Gasteiger partial charge < -0.3 is 9.64 Å². The Morgan fingerprint density at radius 3 is 2.68 bits per heavy atom. The van der Waals surface area contributed by atoms with Gasteiger partial charge >= 0.3 is 12.1 Å². The number of alkyl halides is 3. The van der Waals surface area contributed by atoms with Crippen molar-refractivity contribution in [3.63, 3.8) is 0 Å². The lowest BCUT2D eigenvalue weighted by Crippen LogP contribution is -2.37. The molecule has 5 heterocycles. The Hall–Kier alpha value is -3.62. The number of carbonyl (C=O) groups is 1. The van der Waals surface area contributed by atoms with E-state index in [0.717, 1.165) is 0 Å². The number of ether oxygens (including phenoxy) is 1. The maximum atomic E-state index is 13.1. The van der Waals surface area contributed by atoms with Crippen LogP contribution in [0.15, 0.2) is 23.0 Å². The third kappa shape index (κ3) is 4.18. The minimum atomic E-state index is -4.67. The van der Waals surface area contributed by atoms with Gasteiger partial charge in [-0.1, -0.05) is 11.3 Å². The molecule has 0 atom stereocenters. The zero-order valence-electron chi connectivity index (χ0n) is 17.7. The Labute approximate surface area is 192 Å². The molecule has 1 aliphatic heterocycles. The quantitative estimate of drug-likeness (QED) is 0.392. The number of aromatic nitrogens is 7. The summed E-state index contributed by atoms with van der Waals surface area (Å²) in [5.41, 5.74) is 0.276. The molecule has 11 nitrogen and oxygen atoms in total. The molecule has 4 aromatic heterocycles. The van der Waals surface area contributed by atoms with Crippen LogP contribution in [-0.4, -0.2) is 53.5 Å². The molecule has 0 aliphatic carbocycles. The van der Waals surface area contributed by atoms with E-state index in [2.05, 4.69) is 25.4 Å². The molecule has 0 amide bonds. The van der Waals surface area contributed by atoms with Gasteiger partial charge in [-0.3, -0.25) is 9.59 Å². The average Bonchev–Trinajstić information content (AvgIpc) is 3.41. The molecule has 0 N–H and O–H groups in total. The molecule has 0 radical (unpaired) electrons. The molecular weight excluding hydrogens is 477 g/mol. The van der Waals surface area contributed by atoms with Crippen LogP contribution in [0.4, 0.5) is 19.0 Å². The number of hydrogen-bond acceptors (Lipinski definition) is 10. The van der Waals surface area contributed by atoms with E-state index in [1.54, 1.807) is 17.9 Å². The van der Waals surface area contributed by atoms with Crippen molar-refractivity contribution < 1.29 is 22.7 Å². The van der Waals surface area contributed by atoms with Crippen molar-refractivity contribution in [2.45, 2.75) is 32.5 Å². The Morgan fingerprint density at radius 1 is 1.18 bits per heavy atom. The Morgan fingerprint density at radius 2 is 1.94 bits per heavy atom. The molecule has 178 valence electrons. The second-order valence-electron chi connectivity index (χ2n) is 7.78. The highest BCUT2D eigenvalue weighted by atomic mass is 32.1. The molecule has 0 spiro atoms. The summed E-state index contributed by atoms with van der Waals surface area (Å²) < 4.78 is 46.6. The van der Waals surface area contributed by atoms with Gasteiger partial charge in [0.2, 0.25) is 4.96 Å². The zero-order valence-corrected chi connectivity index (χ0v) is 18.5. The largest absolute Gasteiger partial charge is 0.458 e. The maximum Gasteiger partial charge on any atom is 0.453 e. The topological polar surface area (TPSA) is 120 Å². The van der Waals surface area contributed by atoms with Crippen molar-refractivity contribution in [2.75, 3.05) is 18.0 Å². The van der Waals surface area contributed by atoms with E-state index in [4.69, 9.17) is 4.74 Å². The van der Waals surface area contributed by atoms with Gasteiger partial charge in [0.15, 0.2) is 10.7 Å². The summed E-state index contributed by atoms with van der Waals surface area (Å²) >= 11 is 1.17. The van der Waals surface area contributed by atoms with Crippen LogP contribution in [0.1, 0.15) is 29.4 Å². The van der Waals surface area contributed by atoms with Crippen LogP contribution in [0, 0.1) is 12.8 Å². The molecule has 0 aromatic carbocycles. The fourth-order valence-corrected chi connectivity index (χ4v) is 4.60.